The summed E-state index contributed by atoms with van der Waals surface area (Å²) in [5, 5.41) is 9.21. The summed E-state index contributed by atoms with van der Waals surface area (Å²) in [4.78, 5) is 25.3. The number of carbonyl (C=O) groups is 2. The van der Waals surface area contributed by atoms with E-state index in [1.165, 1.54) is 19.3 Å². The molecule has 0 bridgehead atoms. The van der Waals surface area contributed by atoms with Gasteiger partial charge in [0.15, 0.2) is 6.10 Å². The Kier molecular flexibility index (Phi) is 14.6. The van der Waals surface area contributed by atoms with Crippen molar-refractivity contribution in [1.29, 1.82) is 0 Å². The Bertz CT molecular complexity index is 652. The summed E-state index contributed by atoms with van der Waals surface area (Å²) in [5.41, 5.74) is 0.862. The Morgan fingerprint density at radius 3 is 2.38 bits per heavy atom. The molecule has 0 saturated heterocycles. The standard InChI is InChI=1S/C24H39NO6S/c1-5-7-8-16-32-17-14-25(24(28)31-19(3)4)13-15-30-21-11-9-20(10-12-21)18-22(23(26)27)29-6-2/h9-12,19,22H,5-8,13-18H2,1-4H3,(H,26,27). The van der Waals surface area contributed by atoms with Crippen molar-refractivity contribution < 1.29 is 28.9 Å². The van der Waals surface area contributed by atoms with E-state index in [9.17, 15) is 14.7 Å². The number of carboxylic acids is 1. The molecule has 1 amide bonds. The van der Waals surface area contributed by atoms with E-state index in [0.29, 0.717) is 38.5 Å². The minimum Gasteiger partial charge on any atom is -0.492 e. The number of amides is 1. The van der Waals surface area contributed by atoms with Crippen LogP contribution in [0.5, 0.6) is 5.75 Å². The van der Waals surface area contributed by atoms with Crippen molar-refractivity contribution in [2.75, 3.05) is 37.8 Å². The van der Waals surface area contributed by atoms with Crippen molar-refractivity contribution in [2.24, 2.45) is 0 Å². The Morgan fingerprint density at radius 2 is 1.78 bits per heavy atom. The van der Waals surface area contributed by atoms with Crippen molar-refractivity contribution in [3.8, 4) is 5.75 Å². The molecular weight excluding hydrogens is 430 g/mol. The number of benzene rings is 1. The average Bonchev–Trinajstić information content (AvgIpc) is 2.75. The molecule has 1 aromatic rings. The normalized spacial score (nSPS) is 11.9. The number of carboxylic acid groups (broad SMARTS) is 1. The van der Waals surface area contributed by atoms with Crippen LogP contribution in [0.1, 0.15) is 52.5 Å². The summed E-state index contributed by atoms with van der Waals surface area (Å²) in [5.74, 6) is 1.68. The van der Waals surface area contributed by atoms with Gasteiger partial charge in [0, 0.05) is 25.3 Å². The smallest absolute Gasteiger partial charge is 0.410 e. The van der Waals surface area contributed by atoms with Crippen LogP contribution in [-0.4, -0.2) is 72.1 Å². The van der Waals surface area contributed by atoms with Crippen LogP contribution in [-0.2, 0) is 20.7 Å². The molecule has 0 aliphatic rings. The Labute approximate surface area is 196 Å². The fourth-order valence-corrected chi connectivity index (χ4v) is 3.89. The predicted octanol–water partition coefficient (Wildman–Crippen LogP) is 4.87. The highest BCUT2D eigenvalue weighted by Gasteiger charge is 2.18. The predicted molar refractivity (Wildman–Crippen MR) is 129 cm³/mol. The van der Waals surface area contributed by atoms with E-state index in [0.717, 1.165) is 17.1 Å². The lowest BCUT2D eigenvalue weighted by Crippen LogP contribution is -2.38. The van der Waals surface area contributed by atoms with Gasteiger partial charge in [-0.2, -0.15) is 11.8 Å². The molecule has 0 fully saturated rings. The second-order valence-corrected chi connectivity index (χ2v) is 8.94. The molecule has 1 aromatic carbocycles. The quantitative estimate of drug-likeness (QED) is 0.326. The molecule has 0 heterocycles. The van der Waals surface area contributed by atoms with Crippen molar-refractivity contribution in [1.82, 2.24) is 4.90 Å². The number of hydrogen-bond donors (Lipinski definition) is 1. The van der Waals surface area contributed by atoms with Crippen LogP contribution in [0.3, 0.4) is 0 Å². The van der Waals surface area contributed by atoms with Crippen LogP contribution in [0.2, 0.25) is 0 Å². The molecule has 8 heteroatoms. The number of unbranched alkanes of at least 4 members (excludes halogenated alkanes) is 2. The first-order valence-electron chi connectivity index (χ1n) is 11.5. The minimum absolute atomic E-state index is 0.165. The van der Waals surface area contributed by atoms with Crippen molar-refractivity contribution in [2.45, 2.75) is 65.6 Å². The molecule has 32 heavy (non-hydrogen) atoms. The van der Waals surface area contributed by atoms with Gasteiger partial charge in [0.25, 0.3) is 0 Å². The molecule has 0 aliphatic carbocycles. The van der Waals surface area contributed by atoms with Gasteiger partial charge in [-0.1, -0.05) is 31.9 Å². The van der Waals surface area contributed by atoms with Crippen LogP contribution in [0, 0.1) is 0 Å². The zero-order chi connectivity index (χ0) is 23.8. The maximum absolute atomic E-state index is 12.4. The molecule has 0 radical (unpaired) electrons. The summed E-state index contributed by atoms with van der Waals surface area (Å²) < 4.78 is 16.4. The second-order valence-electron chi connectivity index (χ2n) is 7.72. The van der Waals surface area contributed by atoms with Crippen LogP contribution in [0.4, 0.5) is 4.79 Å². The number of ether oxygens (including phenoxy) is 3. The summed E-state index contributed by atoms with van der Waals surface area (Å²) in [6.07, 6.45) is 2.61. The summed E-state index contributed by atoms with van der Waals surface area (Å²) in [7, 11) is 0. The van der Waals surface area contributed by atoms with E-state index in [-0.39, 0.29) is 12.2 Å². The number of hydrogen-bond acceptors (Lipinski definition) is 6. The molecule has 1 atom stereocenters. The first kappa shape index (κ1) is 28.1. The first-order chi connectivity index (χ1) is 15.4. The number of thioether (sulfide) groups is 1. The second kappa shape index (κ2) is 16.7. The topological polar surface area (TPSA) is 85.3 Å². The average molecular weight is 470 g/mol. The van der Waals surface area contributed by atoms with Crippen molar-refractivity contribution in [3.05, 3.63) is 29.8 Å². The lowest BCUT2D eigenvalue weighted by Gasteiger charge is -2.23. The third kappa shape index (κ3) is 12.2. The zero-order valence-electron chi connectivity index (χ0n) is 19.9. The van der Waals surface area contributed by atoms with Gasteiger partial charge in [-0.15, -0.1) is 0 Å². The summed E-state index contributed by atoms with van der Waals surface area (Å²) in [6, 6.07) is 7.28. The van der Waals surface area contributed by atoms with Gasteiger partial charge >= 0.3 is 12.1 Å². The van der Waals surface area contributed by atoms with Gasteiger partial charge in [0.05, 0.1) is 12.6 Å². The number of carbonyl (C=O) groups excluding carboxylic acids is 1. The SMILES string of the molecule is CCCCCSCCN(CCOc1ccc(CC(OCC)C(=O)O)cc1)C(=O)OC(C)C. The lowest BCUT2D eigenvalue weighted by atomic mass is 10.1. The molecular formula is C24H39NO6S. The van der Waals surface area contributed by atoms with Crippen LogP contribution < -0.4 is 4.74 Å². The fourth-order valence-electron chi connectivity index (χ4n) is 2.93. The number of aliphatic carboxylic acids is 1. The Hall–Kier alpha value is -1.93. The third-order valence-electron chi connectivity index (χ3n) is 4.61. The first-order valence-corrected chi connectivity index (χ1v) is 12.6. The minimum atomic E-state index is -0.968. The summed E-state index contributed by atoms with van der Waals surface area (Å²) >= 11 is 1.86. The zero-order valence-corrected chi connectivity index (χ0v) is 20.7. The summed E-state index contributed by atoms with van der Waals surface area (Å²) in [6.45, 7) is 9.41. The molecule has 0 saturated carbocycles. The van der Waals surface area contributed by atoms with Crippen LogP contribution in [0.15, 0.2) is 24.3 Å². The third-order valence-corrected chi connectivity index (χ3v) is 5.66. The molecule has 0 aliphatic heterocycles. The van der Waals surface area contributed by atoms with Gasteiger partial charge in [0.1, 0.15) is 12.4 Å². The number of rotatable bonds is 17. The highest BCUT2D eigenvalue weighted by atomic mass is 32.2. The van der Waals surface area contributed by atoms with E-state index in [1.54, 1.807) is 24.0 Å². The van der Waals surface area contributed by atoms with Crippen LogP contribution >= 0.6 is 11.8 Å². The van der Waals surface area contributed by atoms with Gasteiger partial charge in [0.2, 0.25) is 0 Å². The maximum Gasteiger partial charge on any atom is 0.410 e. The molecule has 0 spiro atoms. The Balaban J connectivity index is 2.51. The van der Waals surface area contributed by atoms with Crippen LogP contribution in [0.25, 0.3) is 0 Å². The van der Waals surface area contributed by atoms with E-state index in [4.69, 9.17) is 14.2 Å². The van der Waals surface area contributed by atoms with Gasteiger partial charge in [-0.25, -0.2) is 9.59 Å². The Morgan fingerprint density at radius 1 is 1.06 bits per heavy atom. The molecule has 1 unspecified atom stereocenters. The molecule has 1 rings (SSSR count). The lowest BCUT2D eigenvalue weighted by molar-refractivity contribution is -0.149. The maximum atomic E-state index is 12.4. The number of nitrogens with zero attached hydrogens (tertiary/aromatic N) is 1. The van der Waals surface area contributed by atoms with Gasteiger partial charge < -0.3 is 24.2 Å². The molecule has 0 aromatic heterocycles. The fraction of sp³-hybridized carbons (Fsp3) is 0.667. The molecule has 182 valence electrons. The largest absolute Gasteiger partial charge is 0.492 e. The molecule has 7 nitrogen and oxygen atoms in total. The van der Waals surface area contributed by atoms with Gasteiger partial charge in [-0.3, -0.25) is 0 Å². The van der Waals surface area contributed by atoms with E-state index < -0.39 is 12.1 Å². The monoisotopic (exact) mass is 469 g/mol. The van der Waals surface area contributed by atoms with E-state index in [1.807, 2.05) is 37.7 Å². The molecule has 1 N–H and O–H groups in total. The van der Waals surface area contributed by atoms with E-state index >= 15 is 0 Å². The highest BCUT2D eigenvalue weighted by Crippen LogP contribution is 2.15. The van der Waals surface area contributed by atoms with Crippen molar-refractivity contribution in [3.63, 3.8) is 0 Å². The van der Waals surface area contributed by atoms with Crippen molar-refractivity contribution >= 4 is 23.8 Å². The highest BCUT2D eigenvalue weighted by molar-refractivity contribution is 7.99. The van der Waals surface area contributed by atoms with E-state index in [2.05, 4.69) is 6.92 Å². The van der Waals surface area contributed by atoms with Gasteiger partial charge in [-0.05, 0) is 50.6 Å².